The number of hydrogen-bond donors (Lipinski definition) is 1. The topological polar surface area (TPSA) is 99.5 Å². The van der Waals surface area contributed by atoms with E-state index >= 15 is 0 Å². The zero-order valence-corrected chi connectivity index (χ0v) is 23.6. The molecule has 214 valence electrons. The van der Waals surface area contributed by atoms with Gasteiger partial charge < -0.3 is 33.6 Å². The molecule has 9 nitrogen and oxygen atoms in total. The van der Waals surface area contributed by atoms with Crippen molar-refractivity contribution >= 4 is 11.8 Å². The molecule has 0 bridgehead atoms. The summed E-state index contributed by atoms with van der Waals surface area (Å²) in [6.07, 6.45) is 7.06. The number of furan rings is 1. The Bertz CT molecular complexity index is 1270. The fraction of sp³-hybridized carbons (Fsp3) is 0.419. The lowest BCUT2D eigenvalue weighted by atomic mass is 9.94. The van der Waals surface area contributed by atoms with Crippen molar-refractivity contribution in [3.8, 4) is 23.0 Å². The molecule has 1 aliphatic carbocycles. The van der Waals surface area contributed by atoms with E-state index in [1.165, 1.54) is 12.7 Å². The van der Waals surface area contributed by atoms with Gasteiger partial charge in [0.2, 0.25) is 5.91 Å². The molecule has 0 aliphatic heterocycles. The van der Waals surface area contributed by atoms with Gasteiger partial charge in [-0.1, -0.05) is 31.4 Å². The zero-order chi connectivity index (χ0) is 28.5. The maximum Gasteiger partial charge on any atom is 0.290 e. The summed E-state index contributed by atoms with van der Waals surface area (Å²) in [7, 11) is 6.26. The molecule has 4 rings (SSSR count). The number of rotatable bonds is 12. The maximum absolute atomic E-state index is 14.0. The Balaban J connectivity index is 1.73. The van der Waals surface area contributed by atoms with E-state index in [1.807, 2.05) is 18.2 Å². The van der Waals surface area contributed by atoms with Crippen LogP contribution in [0.4, 0.5) is 0 Å². The fourth-order valence-electron chi connectivity index (χ4n) is 5.20. The van der Waals surface area contributed by atoms with Crippen molar-refractivity contribution in [2.24, 2.45) is 0 Å². The average Bonchev–Trinajstić information content (AvgIpc) is 3.54. The molecule has 1 aromatic heterocycles. The number of carbonyl (C=O) groups excluding carboxylic acids is 2. The molecule has 1 fully saturated rings. The summed E-state index contributed by atoms with van der Waals surface area (Å²) in [5.74, 6) is 1.74. The molecule has 1 aliphatic rings. The van der Waals surface area contributed by atoms with Crippen LogP contribution in [-0.4, -0.2) is 57.7 Å². The SMILES string of the molecule is COc1ccc(CCN(C(=O)c2ccco2)[C@@H](C(=O)NC2CCCCC2)c2ccc(OC)c(OC)c2)cc1OC. The van der Waals surface area contributed by atoms with Crippen molar-refractivity contribution in [1.82, 2.24) is 10.2 Å². The number of ether oxygens (including phenoxy) is 4. The van der Waals surface area contributed by atoms with Crippen molar-refractivity contribution in [2.45, 2.75) is 50.6 Å². The molecular weight excluding hydrogens is 512 g/mol. The molecule has 0 radical (unpaired) electrons. The van der Waals surface area contributed by atoms with Gasteiger partial charge in [-0.2, -0.15) is 0 Å². The van der Waals surface area contributed by atoms with Crippen molar-refractivity contribution in [3.05, 3.63) is 71.7 Å². The first-order valence-corrected chi connectivity index (χ1v) is 13.6. The number of carbonyl (C=O) groups is 2. The monoisotopic (exact) mass is 550 g/mol. The molecule has 9 heteroatoms. The van der Waals surface area contributed by atoms with E-state index in [0.717, 1.165) is 31.2 Å². The van der Waals surface area contributed by atoms with Crippen molar-refractivity contribution in [3.63, 3.8) is 0 Å². The van der Waals surface area contributed by atoms with Gasteiger partial charge in [0.25, 0.3) is 5.91 Å². The third kappa shape index (κ3) is 6.70. The van der Waals surface area contributed by atoms with Crippen LogP contribution in [0.25, 0.3) is 0 Å². The number of nitrogens with zero attached hydrogens (tertiary/aromatic N) is 1. The van der Waals surface area contributed by atoms with Gasteiger partial charge in [-0.3, -0.25) is 9.59 Å². The lowest BCUT2D eigenvalue weighted by molar-refractivity contribution is -0.126. The Morgan fingerprint density at radius 1 is 0.875 bits per heavy atom. The molecule has 0 saturated heterocycles. The fourth-order valence-corrected chi connectivity index (χ4v) is 5.20. The second-order valence-electron chi connectivity index (χ2n) is 9.78. The summed E-state index contributed by atoms with van der Waals surface area (Å²) in [6.45, 7) is 0.242. The third-order valence-electron chi connectivity index (χ3n) is 7.32. The standard InChI is InChI=1S/C31H38N2O7/c1-36-24-14-12-21(19-27(24)38-3)16-17-33(31(35)26-11-8-18-40-26)29(30(34)32-23-9-6-5-7-10-23)22-13-15-25(37-2)28(20-22)39-4/h8,11-15,18-20,23,29H,5-7,9-10,16-17H2,1-4H3,(H,32,34)/t29-/m1/s1. The van der Waals surface area contributed by atoms with Crippen LogP contribution >= 0.6 is 0 Å². The molecule has 1 heterocycles. The summed E-state index contributed by atoms with van der Waals surface area (Å²) in [5, 5.41) is 3.22. The van der Waals surface area contributed by atoms with E-state index in [-0.39, 0.29) is 30.2 Å². The van der Waals surface area contributed by atoms with Crippen LogP contribution in [0.5, 0.6) is 23.0 Å². The molecule has 40 heavy (non-hydrogen) atoms. The number of benzene rings is 2. The average molecular weight is 551 g/mol. The summed E-state index contributed by atoms with van der Waals surface area (Å²) in [5.41, 5.74) is 1.53. The van der Waals surface area contributed by atoms with Crippen LogP contribution in [-0.2, 0) is 11.2 Å². The summed E-state index contributed by atoms with van der Waals surface area (Å²) < 4.78 is 27.3. The summed E-state index contributed by atoms with van der Waals surface area (Å²) in [6, 6.07) is 13.3. The van der Waals surface area contributed by atoms with Crippen LogP contribution in [0.3, 0.4) is 0 Å². The molecule has 3 aromatic rings. The van der Waals surface area contributed by atoms with E-state index in [1.54, 1.807) is 63.7 Å². The molecule has 1 atom stereocenters. The largest absolute Gasteiger partial charge is 0.493 e. The molecule has 1 N–H and O–H groups in total. The van der Waals surface area contributed by atoms with Crippen molar-refractivity contribution in [2.75, 3.05) is 35.0 Å². The van der Waals surface area contributed by atoms with Gasteiger partial charge in [0.05, 0.1) is 34.7 Å². The zero-order valence-electron chi connectivity index (χ0n) is 23.6. The predicted octanol–water partition coefficient (Wildman–Crippen LogP) is 5.19. The first kappa shape index (κ1) is 28.9. The molecule has 1 saturated carbocycles. The van der Waals surface area contributed by atoms with E-state index in [0.29, 0.717) is 35.0 Å². The van der Waals surface area contributed by atoms with Crippen LogP contribution in [0.1, 0.15) is 59.8 Å². The minimum Gasteiger partial charge on any atom is -0.493 e. The highest BCUT2D eigenvalue weighted by Crippen LogP contribution is 2.34. The quantitative estimate of drug-likeness (QED) is 0.331. The van der Waals surface area contributed by atoms with Crippen molar-refractivity contribution < 1.29 is 33.0 Å². The van der Waals surface area contributed by atoms with E-state index in [9.17, 15) is 9.59 Å². The molecule has 0 spiro atoms. The van der Waals surface area contributed by atoms with Gasteiger partial charge in [0.1, 0.15) is 6.04 Å². The Labute approximate surface area is 235 Å². The first-order chi connectivity index (χ1) is 19.5. The van der Waals surface area contributed by atoms with Gasteiger partial charge in [-0.25, -0.2) is 0 Å². The minimum absolute atomic E-state index is 0.0651. The van der Waals surface area contributed by atoms with E-state index < -0.39 is 6.04 Å². The molecule has 2 amide bonds. The second kappa shape index (κ2) is 13.8. The Hall–Kier alpha value is -4.14. The van der Waals surface area contributed by atoms with Gasteiger partial charge in [0.15, 0.2) is 28.8 Å². The molecule has 2 aromatic carbocycles. The van der Waals surface area contributed by atoms with E-state index in [2.05, 4.69) is 5.32 Å². The number of nitrogens with one attached hydrogen (secondary N) is 1. The lowest BCUT2D eigenvalue weighted by Gasteiger charge is -2.33. The highest BCUT2D eigenvalue weighted by Gasteiger charge is 2.35. The van der Waals surface area contributed by atoms with Crippen LogP contribution < -0.4 is 24.3 Å². The highest BCUT2D eigenvalue weighted by molar-refractivity contribution is 5.96. The van der Waals surface area contributed by atoms with Gasteiger partial charge in [-0.15, -0.1) is 0 Å². The Kier molecular flexibility index (Phi) is 9.94. The second-order valence-corrected chi connectivity index (χ2v) is 9.78. The van der Waals surface area contributed by atoms with Gasteiger partial charge in [0, 0.05) is 12.6 Å². The third-order valence-corrected chi connectivity index (χ3v) is 7.32. The first-order valence-electron chi connectivity index (χ1n) is 13.6. The van der Waals surface area contributed by atoms with Crippen LogP contribution in [0, 0.1) is 0 Å². The summed E-state index contributed by atoms with van der Waals surface area (Å²) >= 11 is 0. The van der Waals surface area contributed by atoms with E-state index in [4.69, 9.17) is 23.4 Å². The number of methoxy groups -OCH3 is 4. The maximum atomic E-state index is 14.0. The predicted molar refractivity (Wildman–Crippen MR) is 150 cm³/mol. The molecule has 0 unspecified atom stereocenters. The smallest absolute Gasteiger partial charge is 0.290 e. The summed E-state index contributed by atoms with van der Waals surface area (Å²) in [4.78, 5) is 29.5. The lowest BCUT2D eigenvalue weighted by Crippen LogP contribution is -2.47. The Morgan fingerprint density at radius 3 is 2.15 bits per heavy atom. The Morgan fingerprint density at radius 2 is 1.52 bits per heavy atom. The highest BCUT2D eigenvalue weighted by atomic mass is 16.5. The number of hydrogen-bond acceptors (Lipinski definition) is 7. The normalized spacial score (nSPS) is 14.2. The van der Waals surface area contributed by atoms with Crippen molar-refractivity contribution in [1.29, 1.82) is 0 Å². The minimum atomic E-state index is -0.931. The molecular formula is C31H38N2O7. The number of amides is 2. The van der Waals surface area contributed by atoms with Gasteiger partial charge in [-0.05, 0) is 66.8 Å². The van der Waals surface area contributed by atoms with Crippen LogP contribution in [0.15, 0.2) is 59.2 Å². The van der Waals surface area contributed by atoms with Crippen LogP contribution in [0.2, 0.25) is 0 Å². The van der Waals surface area contributed by atoms with Gasteiger partial charge >= 0.3 is 0 Å².